The van der Waals surface area contributed by atoms with Gasteiger partial charge in [-0.3, -0.25) is 9.89 Å². The first-order valence-corrected chi connectivity index (χ1v) is 11.4. The minimum absolute atomic E-state index is 0.0393. The molecule has 0 atom stereocenters. The van der Waals surface area contributed by atoms with Crippen molar-refractivity contribution >= 4 is 11.9 Å². The highest BCUT2D eigenvalue weighted by atomic mass is 16.5. The number of aromatic amines is 1. The largest absolute Gasteiger partial charge is 0.356 e. The number of anilines is 1. The average Bonchev–Trinajstić information content (AvgIpc) is 3.47. The molecular weight excluding hydrogens is 406 g/mol. The lowest BCUT2D eigenvalue weighted by Gasteiger charge is -2.33. The highest BCUT2D eigenvalue weighted by molar-refractivity contribution is 5.95. The van der Waals surface area contributed by atoms with Crippen molar-refractivity contribution in [1.82, 2.24) is 30.2 Å². The van der Waals surface area contributed by atoms with Crippen molar-refractivity contribution in [2.24, 2.45) is 0 Å². The molecule has 5 rings (SSSR count). The number of nitrogens with one attached hydrogen (secondary N) is 1. The van der Waals surface area contributed by atoms with Crippen molar-refractivity contribution in [3.05, 3.63) is 41.1 Å². The third-order valence-electron chi connectivity index (χ3n) is 6.57. The van der Waals surface area contributed by atoms with Crippen molar-refractivity contribution in [2.45, 2.75) is 51.9 Å². The van der Waals surface area contributed by atoms with Gasteiger partial charge in [0.1, 0.15) is 0 Å². The molecule has 1 N–H and O–H groups in total. The summed E-state index contributed by atoms with van der Waals surface area (Å²) in [5.41, 5.74) is 4.20. The van der Waals surface area contributed by atoms with Crippen LogP contribution in [0.3, 0.4) is 0 Å². The number of aromatic nitrogens is 5. The fourth-order valence-corrected chi connectivity index (χ4v) is 4.72. The summed E-state index contributed by atoms with van der Waals surface area (Å²) in [6.07, 6.45) is 8.81. The molecule has 0 bridgehead atoms. The first kappa shape index (κ1) is 20.7. The number of hydrogen-bond donors (Lipinski definition) is 1. The number of H-pyrrole nitrogens is 1. The van der Waals surface area contributed by atoms with Gasteiger partial charge in [-0.05, 0) is 46.0 Å². The Morgan fingerprint density at radius 1 is 1.09 bits per heavy atom. The highest BCUT2D eigenvalue weighted by Gasteiger charge is 2.30. The van der Waals surface area contributed by atoms with Gasteiger partial charge in [0, 0.05) is 50.1 Å². The molecule has 5 heterocycles. The first-order valence-electron chi connectivity index (χ1n) is 11.4. The Balaban J connectivity index is 1.40. The van der Waals surface area contributed by atoms with E-state index in [0.29, 0.717) is 24.4 Å². The maximum atomic E-state index is 12.9. The number of carbonyl (C=O) groups is 1. The van der Waals surface area contributed by atoms with Crippen molar-refractivity contribution in [1.29, 1.82) is 0 Å². The Morgan fingerprint density at radius 2 is 1.88 bits per heavy atom. The zero-order valence-electron chi connectivity index (χ0n) is 18.7. The van der Waals surface area contributed by atoms with E-state index in [1.165, 1.54) is 19.3 Å². The maximum Gasteiger partial charge on any atom is 0.257 e. The van der Waals surface area contributed by atoms with Crippen LogP contribution < -0.4 is 4.90 Å². The van der Waals surface area contributed by atoms with Crippen molar-refractivity contribution in [3.63, 3.8) is 0 Å². The zero-order valence-corrected chi connectivity index (χ0v) is 18.7. The predicted octanol–water partition coefficient (Wildman–Crippen LogP) is 3.48. The van der Waals surface area contributed by atoms with Gasteiger partial charge in [-0.15, -0.1) is 0 Å². The van der Waals surface area contributed by atoms with Crippen molar-refractivity contribution < 1.29 is 9.32 Å². The number of hydrogen-bond acceptors (Lipinski definition) is 7. The second-order valence-corrected chi connectivity index (χ2v) is 8.82. The molecule has 168 valence electrons. The minimum Gasteiger partial charge on any atom is -0.356 e. The van der Waals surface area contributed by atoms with E-state index in [-0.39, 0.29) is 11.8 Å². The van der Waals surface area contributed by atoms with Crippen LogP contribution >= 0.6 is 0 Å². The Labute approximate surface area is 187 Å². The summed E-state index contributed by atoms with van der Waals surface area (Å²) in [5.74, 6) is 1.77. The molecule has 9 heteroatoms. The van der Waals surface area contributed by atoms with Gasteiger partial charge in [0.25, 0.3) is 5.91 Å². The van der Waals surface area contributed by atoms with Crippen LogP contribution in [0.4, 0.5) is 5.95 Å². The van der Waals surface area contributed by atoms with Gasteiger partial charge in [0.05, 0.1) is 28.7 Å². The van der Waals surface area contributed by atoms with E-state index in [1.807, 2.05) is 31.0 Å². The number of nitrogens with zero attached hydrogens (tertiary/aromatic N) is 6. The zero-order chi connectivity index (χ0) is 22.1. The Kier molecular flexibility index (Phi) is 5.63. The lowest BCUT2D eigenvalue weighted by Crippen LogP contribution is -2.38. The normalized spacial score (nSPS) is 17.7. The molecule has 2 saturated heterocycles. The number of aryl methyl sites for hydroxylation is 2. The summed E-state index contributed by atoms with van der Waals surface area (Å²) >= 11 is 0. The fraction of sp³-hybridized carbons (Fsp3) is 0.522. The number of rotatable bonds is 4. The molecule has 0 unspecified atom stereocenters. The standard InChI is InChI=1S/C23H29N7O2/c1-15-12-20(32-28-15)19-13-24-23(30-8-4-3-5-9-30)26-21(19)17-6-10-29(11-7-17)22(31)18-14-25-27-16(18)2/h12-14,17H,3-11H2,1-2H3,(H,25,27). The lowest BCUT2D eigenvalue weighted by atomic mass is 9.90. The second-order valence-electron chi connectivity index (χ2n) is 8.82. The number of carbonyl (C=O) groups excluding carboxylic acids is 1. The minimum atomic E-state index is 0.0393. The molecular formula is C23H29N7O2. The van der Waals surface area contributed by atoms with E-state index in [4.69, 9.17) is 9.51 Å². The quantitative estimate of drug-likeness (QED) is 0.669. The van der Waals surface area contributed by atoms with Crippen LogP contribution in [-0.4, -0.2) is 62.3 Å². The maximum absolute atomic E-state index is 12.9. The summed E-state index contributed by atoms with van der Waals surface area (Å²) in [6, 6.07) is 1.93. The van der Waals surface area contributed by atoms with E-state index in [2.05, 4.69) is 25.2 Å². The van der Waals surface area contributed by atoms with Crippen LogP contribution in [0, 0.1) is 13.8 Å². The van der Waals surface area contributed by atoms with E-state index < -0.39 is 0 Å². The first-order chi connectivity index (χ1) is 15.6. The molecule has 1 amide bonds. The van der Waals surface area contributed by atoms with E-state index in [9.17, 15) is 4.79 Å². The van der Waals surface area contributed by atoms with Crippen LogP contribution in [0.1, 0.15) is 65.5 Å². The fourth-order valence-electron chi connectivity index (χ4n) is 4.72. The van der Waals surface area contributed by atoms with Crippen molar-refractivity contribution in [2.75, 3.05) is 31.1 Å². The molecule has 0 aliphatic carbocycles. The molecule has 0 saturated carbocycles. The lowest BCUT2D eigenvalue weighted by molar-refractivity contribution is 0.0711. The van der Waals surface area contributed by atoms with Gasteiger partial charge in [0.15, 0.2) is 5.76 Å². The number of likely N-dealkylation sites (tertiary alicyclic amines) is 1. The monoisotopic (exact) mass is 435 g/mol. The van der Waals surface area contributed by atoms with E-state index in [1.54, 1.807) is 6.20 Å². The van der Waals surface area contributed by atoms with Gasteiger partial charge in [0.2, 0.25) is 5.95 Å². The number of amides is 1. The van der Waals surface area contributed by atoms with E-state index in [0.717, 1.165) is 54.5 Å². The topological polar surface area (TPSA) is 104 Å². The Hall–Kier alpha value is -3.23. The molecule has 9 nitrogen and oxygen atoms in total. The van der Waals surface area contributed by atoms with Crippen LogP contribution in [0.5, 0.6) is 0 Å². The number of piperidine rings is 2. The van der Waals surface area contributed by atoms with Crippen molar-refractivity contribution in [3.8, 4) is 11.3 Å². The summed E-state index contributed by atoms with van der Waals surface area (Å²) < 4.78 is 5.57. The third-order valence-corrected chi connectivity index (χ3v) is 6.57. The smallest absolute Gasteiger partial charge is 0.257 e. The van der Waals surface area contributed by atoms with Crippen LogP contribution in [0.15, 0.2) is 23.0 Å². The summed E-state index contributed by atoms with van der Waals surface area (Å²) in [7, 11) is 0. The Morgan fingerprint density at radius 3 is 2.53 bits per heavy atom. The van der Waals surface area contributed by atoms with Crippen LogP contribution in [0.25, 0.3) is 11.3 Å². The molecule has 0 aromatic carbocycles. The summed E-state index contributed by atoms with van der Waals surface area (Å²) in [6.45, 7) is 7.16. The van der Waals surface area contributed by atoms with E-state index >= 15 is 0 Å². The van der Waals surface area contributed by atoms with Gasteiger partial charge < -0.3 is 14.3 Å². The molecule has 2 aliphatic heterocycles. The average molecular weight is 436 g/mol. The summed E-state index contributed by atoms with van der Waals surface area (Å²) in [4.78, 5) is 26.8. The molecule has 2 fully saturated rings. The van der Waals surface area contributed by atoms with Crippen LogP contribution in [-0.2, 0) is 0 Å². The van der Waals surface area contributed by atoms with Gasteiger partial charge >= 0.3 is 0 Å². The van der Waals surface area contributed by atoms with Gasteiger partial charge in [-0.25, -0.2) is 9.97 Å². The highest BCUT2D eigenvalue weighted by Crippen LogP contribution is 2.35. The molecule has 0 spiro atoms. The molecule has 32 heavy (non-hydrogen) atoms. The molecule has 0 radical (unpaired) electrons. The third kappa shape index (κ3) is 3.99. The molecule has 2 aliphatic rings. The Bertz CT molecular complexity index is 1090. The SMILES string of the molecule is Cc1cc(-c2cnc(N3CCCCC3)nc2C2CCN(C(=O)c3cn[nH]c3C)CC2)on1. The molecule has 3 aromatic heterocycles. The predicted molar refractivity (Wildman–Crippen MR) is 120 cm³/mol. The summed E-state index contributed by atoms with van der Waals surface area (Å²) in [5, 5.41) is 10.9. The van der Waals surface area contributed by atoms with Gasteiger partial charge in [-0.2, -0.15) is 5.10 Å². The van der Waals surface area contributed by atoms with Gasteiger partial charge in [-0.1, -0.05) is 5.16 Å². The second kappa shape index (κ2) is 8.72. The molecule has 3 aromatic rings. The van der Waals surface area contributed by atoms with Crippen LogP contribution in [0.2, 0.25) is 0 Å².